The van der Waals surface area contributed by atoms with Crippen LogP contribution in [0.2, 0.25) is 0 Å². The van der Waals surface area contributed by atoms with Crippen LogP contribution in [0.5, 0.6) is 0 Å². The molecule has 5 atom stereocenters. The Bertz CT molecular complexity index is 285. The van der Waals surface area contributed by atoms with E-state index < -0.39 is 7.94 Å². The van der Waals surface area contributed by atoms with E-state index in [1.54, 1.807) is 0 Å². The molecule has 106 valence electrons. The van der Waals surface area contributed by atoms with E-state index in [0.29, 0.717) is 17.8 Å². The second kappa shape index (κ2) is 5.36. The third-order valence-electron chi connectivity index (χ3n) is 4.68. The van der Waals surface area contributed by atoms with Crippen LogP contribution in [-0.2, 0) is 9.05 Å². The van der Waals surface area contributed by atoms with Crippen LogP contribution in [0, 0.1) is 17.8 Å². The molecule has 0 N–H and O–H groups in total. The molecule has 18 heavy (non-hydrogen) atoms. The van der Waals surface area contributed by atoms with Crippen molar-refractivity contribution < 1.29 is 13.9 Å². The molecule has 0 radical (unpaired) electrons. The van der Waals surface area contributed by atoms with E-state index in [9.17, 15) is 4.89 Å². The molecule has 2 fully saturated rings. The average molecular weight is 274 g/mol. The topological polar surface area (TPSA) is 41.5 Å². The molecule has 2 aliphatic rings. The van der Waals surface area contributed by atoms with Crippen molar-refractivity contribution in [3.63, 3.8) is 0 Å². The lowest BCUT2D eigenvalue weighted by Crippen LogP contribution is -2.38. The monoisotopic (exact) mass is 274 g/mol. The highest BCUT2D eigenvalue weighted by Gasteiger charge is 2.55. The molecule has 0 aromatic carbocycles. The first-order chi connectivity index (χ1) is 8.33. The molecule has 1 aliphatic carbocycles. The first-order valence-corrected chi connectivity index (χ1v) is 8.91. The van der Waals surface area contributed by atoms with Crippen molar-refractivity contribution >= 4 is 7.94 Å². The average Bonchev–Trinajstić information content (AvgIpc) is 2.53. The van der Waals surface area contributed by atoms with E-state index in [1.807, 2.05) is 13.8 Å². The Morgan fingerprint density at radius 1 is 1.06 bits per heavy atom. The smallest absolute Gasteiger partial charge is 0.241 e. The van der Waals surface area contributed by atoms with Crippen LogP contribution in [0.4, 0.5) is 0 Å². The lowest BCUT2D eigenvalue weighted by Gasteiger charge is -2.41. The molecule has 0 spiro atoms. The van der Waals surface area contributed by atoms with Gasteiger partial charge in [0.2, 0.25) is 7.94 Å². The Balaban J connectivity index is 2.17. The Morgan fingerprint density at radius 2 is 1.61 bits per heavy atom. The zero-order valence-electron chi connectivity index (χ0n) is 12.3. The molecule has 0 bridgehead atoms. The molecule has 1 heterocycles. The minimum Gasteiger partial charge on any atom is -0.631 e. The fourth-order valence-corrected chi connectivity index (χ4v) is 6.54. The largest absolute Gasteiger partial charge is 0.631 e. The normalized spacial score (nSPS) is 44.5. The van der Waals surface area contributed by atoms with Crippen LogP contribution in [0.3, 0.4) is 0 Å². The second-order valence-corrected chi connectivity index (χ2v) is 8.72. The summed E-state index contributed by atoms with van der Waals surface area (Å²) in [4.78, 5) is 13.0. The van der Waals surface area contributed by atoms with Gasteiger partial charge in [0.05, 0.1) is 0 Å². The van der Waals surface area contributed by atoms with E-state index in [4.69, 9.17) is 9.05 Å². The highest BCUT2D eigenvalue weighted by Crippen LogP contribution is 2.68. The van der Waals surface area contributed by atoms with E-state index in [2.05, 4.69) is 20.8 Å². The fourth-order valence-electron chi connectivity index (χ4n) is 3.33. The van der Waals surface area contributed by atoms with Gasteiger partial charge in [0.15, 0.2) is 0 Å². The molecule has 2 rings (SSSR count). The first kappa shape index (κ1) is 14.7. The predicted molar refractivity (Wildman–Crippen MR) is 73.1 cm³/mol. The molecular weight excluding hydrogens is 247 g/mol. The summed E-state index contributed by atoms with van der Waals surface area (Å²) in [6.07, 6.45) is 3.30. The lowest BCUT2D eigenvalue weighted by atomic mass is 9.77. The van der Waals surface area contributed by atoms with Crippen molar-refractivity contribution in [3.8, 4) is 0 Å². The summed E-state index contributed by atoms with van der Waals surface area (Å²) in [6, 6.07) is 0. The molecule has 1 saturated carbocycles. The Kier molecular flexibility index (Phi) is 4.38. The van der Waals surface area contributed by atoms with Crippen LogP contribution in [0.15, 0.2) is 0 Å². The Hall–Kier alpha value is 0.310. The van der Waals surface area contributed by atoms with Crippen molar-refractivity contribution in [1.29, 1.82) is 0 Å². The maximum Gasteiger partial charge on any atom is 0.241 e. The third kappa shape index (κ3) is 2.75. The van der Waals surface area contributed by atoms with Gasteiger partial charge in [-0.1, -0.05) is 27.2 Å². The molecule has 1 aliphatic heterocycles. The first-order valence-electron chi connectivity index (χ1n) is 7.30. The molecule has 0 unspecified atom stereocenters. The van der Waals surface area contributed by atoms with Gasteiger partial charge in [0.1, 0.15) is 17.9 Å². The van der Waals surface area contributed by atoms with Gasteiger partial charge in [0.25, 0.3) is 0 Å². The Labute approximate surface area is 112 Å². The maximum atomic E-state index is 13.0. The van der Waals surface area contributed by atoms with Gasteiger partial charge in [0, 0.05) is 5.92 Å². The van der Waals surface area contributed by atoms with Gasteiger partial charge in [-0.15, -0.1) is 0 Å². The van der Waals surface area contributed by atoms with E-state index >= 15 is 0 Å². The summed E-state index contributed by atoms with van der Waals surface area (Å²) in [6.45, 7) is 10.6. The fraction of sp³-hybridized carbons (Fsp3) is 1.00. The van der Waals surface area contributed by atoms with Crippen LogP contribution >= 0.6 is 7.94 Å². The molecule has 3 nitrogen and oxygen atoms in total. The van der Waals surface area contributed by atoms with E-state index in [-0.39, 0.29) is 17.9 Å². The molecule has 0 aromatic rings. The SMILES string of the molecule is CC(C)[C@@H]1CC[C@@H](C)C[C@H]1[P+]1([O-])O[C@@H](C)[C@H](C)O1. The summed E-state index contributed by atoms with van der Waals surface area (Å²) >= 11 is 0. The summed E-state index contributed by atoms with van der Waals surface area (Å²) in [7, 11) is -2.91. The second-order valence-electron chi connectivity index (χ2n) is 6.55. The molecule has 0 amide bonds. The molecule has 4 heteroatoms. The minimum absolute atomic E-state index is 0.0409. The molecule has 1 saturated heterocycles. The summed E-state index contributed by atoms with van der Waals surface area (Å²) in [5.41, 5.74) is 0.105. The molecule has 0 aromatic heterocycles. The van der Waals surface area contributed by atoms with Gasteiger partial charge >= 0.3 is 0 Å². The van der Waals surface area contributed by atoms with Gasteiger partial charge in [-0.25, -0.2) is 9.05 Å². The van der Waals surface area contributed by atoms with Crippen LogP contribution in [-0.4, -0.2) is 17.9 Å². The predicted octanol–water partition coefficient (Wildman–Crippen LogP) is 3.39. The highest BCUT2D eigenvalue weighted by molar-refractivity contribution is 7.60. The highest BCUT2D eigenvalue weighted by atomic mass is 31.2. The maximum absolute atomic E-state index is 13.0. The minimum atomic E-state index is -2.91. The van der Waals surface area contributed by atoms with Gasteiger partial charge in [-0.05, 0) is 38.5 Å². The van der Waals surface area contributed by atoms with Crippen molar-refractivity contribution in [2.24, 2.45) is 17.8 Å². The zero-order chi connectivity index (χ0) is 13.5. The lowest BCUT2D eigenvalue weighted by molar-refractivity contribution is -0.215. The third-order valence-corrected chi connectivity index (χ3v) is 7.34. The summed E-state index contributed by atoms with van der Waals surface area (Å²) in [5.74, 6) is 1.66. The summed E-state index contributed by atoms with van der Waals surface area (Å²) in [5, 5.41) is 0. The van der Waals surface area contributed by atoms with E-state index in [0.717, 1.165) is 12.8 Å². The summed E-state index contributed by atoms with van der Waals surface area (Å²) < 4.78 is 11.5. The molecular formula is C14H27O3P. The number of hydrogen-bond acceptors (Lipinski definition) is 3. The van der Waals surface area contributed by atoms with Gasteiger partial charge in [-0.3, -0.25) is 0 Å². The zero-order valence-corrected chi connectivity index (χ0v) is 13.2. The number of hydrogen-bond donors (Lipinski definition) is 0. The van der Waals surface area contributed by atoms with Gasteiger partial charge < -0.3 is 4.89 Å². The van der Waals surface area contributed by atoms with E-state index in [1.165, 1.54) is 6.42 Å². The van der Waals surface area contributed by atoms with Crippen molar-refractivity contribution in [2.45, 2.75) is 71.7 Å². The van der Waals surface area contributed by atoms with Crippen LogP contribution < -0.4 is 4.89 Å². The van der Waals surface area contributed by atoms with Crippen LogP contribution in [0.1, 0.15) is 53.9 Å². The van der Waals surface area contributed by atoms with Crippen molar-refractivity contribution in [1.82, 2.24) is 0 Å². The number of rotatable bonds is 2. The van der Waals surface area contributed by atoms with Crippen LogP contribution in [0.25, 0.3) is 0 Å². The van der Waals surface area contributed by atoms with Crippen molar-refractivity contribution in [2.75, 3.05) is 0 Å². The quantitative estimate of drug-likeness (QED) is 0.725. The van der Waals surface area contributed by atoms with Gasteiger partial charge in [-0.2, -0.15) is 0 Å². The van der Waals surface area contributed by atoms with Crippen molar-refractivity contribution in [3.05, 3.63) is 0 Å². The standard InChI is InChI=1S/C14H27O3P/c1-9(2)13-7-6-10(3)8-14(13)18(15)16-11(4)12(5)17-18/h9-14H,6-8H2,1-5H3/t10-,11+,12+,13+,14-/m1/s1. The Morgan fingerprint density at radius 3 is 2.11 bits per heavy atom.